The monoisotopic (exact) mass is 472 g/mol. The second-order valence-electron chi connectivity index (χ2n) is 7.90. The maximum atomic E-state index is 12.6. The maximum absolute atomic E-state index is 12.6. The van der Waals surface area contributed by atoms with Crippen molar-refractivity contribution in [3.8, 4) is 28.4 Å². The van der Waals surface area contributed by atoms with Gasteiger partial charge in [0.1, 0.15) is 22.8 Å². The van der Waals surface area contributed by atoms with Crippen LogP contribution in [0.4, 0.5) is 0 Å². The molecule has 0 aliphatic carbocycles. The first-order valence-electron chi connectivity index (χ1n) is 11.3. The standard InChI is InChI=1S/C28H28N2O5/c1-5-34-26-14-27-23(24(17-35-27)22-12-20(32-3)8-9-25(22)33-4)13-21(26)18(2)11-28(31)30-16-19-7-6-10-29-15-19/h6-15,17H,5,16H2,1-4H3,(H,30,31)/b18-11+. The minimum Gasteiger partial charge on any atom is -0.497 e. The molecule has 0 saturated carbocycles. The van der Waals surface area contributed by atoms with Crippen molar-refractivity contribution in [2.45, 2.75) is 20.4 Å². The number of aromatic nitrogens is 1. The summed E-state index contributed by atoms with van der Waals surface area (Å²) in [6.45, 7) is 4.69. The highest BCUT2D eigenvalue weighted by atomic mass is 16.5. The predicted molar refractivity (Wildman–Crippen MR) is 136 cm³/mol. The first-order chi connectivity index (χ1) is 17.0. The summed E-state index contributed by atoms with van der Waals surface area (Å²) in [6.07, 6.45) is 6.70. The number of carbonyl (C=O) groups is 1. The van der Waals surface area contributed by atoms with Gasteiger partial charge in [-0.1, -0.05) is 6.07 Å². The number of rotatable bonds is 9. The van der Waals surface area contributed by atoms with Crippen LogP contribution < -0.4 is 19.5 Å². The van der Waals surface area contributed by atoms with Gasteiger partial charge >= 0.3 is 0 Å². The molecule has 4 aromatic rings. The van der Waals surface area contributed by atoms with Crippen LogP contribution in [0.5, 0.6) is 17.2 Å². The molecule has 0 saturated heterocycles. The number of pyridine rings is 1. The van der Waals surface area contributed by atoms with E-state index in [1.807, 2.05) is 56.3 Å². The Morgan fingerprint density at radius 3 is 2.66 bits per heavy atom. The Balaban J connectivity index is 1.72. The normalized spacial score (nSPS) is 11.4. The Bertz CT molecular complexity index is 1360. The first-order valence-corrected chi connectivity index (χ1v) is 11.3. The lowest BCUT2D eigenvalue weighted by atomic mass is 9.98. The molecule has 35 heavy (non-hydrogen) atoms. The highest BCUT2D eigenvalue weighted by Gasteiger charge is 2.18. The van der Waals surface area contributed by atoms with Gasteiger partial charge in [-0.3, -0.25) is 9.78 Å². The van der Waals surface area contributed by atoms with Crippen LogP contribution in [0, 0.1) is 0 Å². The number of nitrogens with zero attached hydrogens (tertiary/aromatic N) is 1. The van der Waals surface area contributed by atoms with Crippen LogP contribution in [0.1, 0.15) is 25.0 Å². The number of ether oxygens (including phenoxy) is 3. The molecule has 0 aliphatic heterocycles. The molecule has 7 nitrogen and oxygen atoms in total. The Morgan fingerprint density at radius 1 is 1.09 bits per heavy atom. The molecule has 2 aromatic heterocycles. The Kier molecular flexibility index (Phi) is 7.35. The Hall–Kier alpha value is -4.26. The molecular formula is C28H28N2O5. The number of nitrogens with one attached hydrogen (secondary N) is 1. The molecule has 180 valence electrons. The molecule has 2 heterocycles. The van der Waals surface area contributed by atoms with Gasteiger partial charge in [0.15, 0.2) is 0 Å². The second kappa shape index (κ2) is 10.8. The molecule has 2 aromatic carbocycles. The fourth-order valence-electron chi connectivity index (χ4n) is 3.89. The predicted octanol–water partition coefficient (Wildman–Crippen LogP) is 5.63. The molecule has 0 radical (unpaired) electrons. The van der Waals surface area contributed by atoms with Crippen molar-refractivity contribution in [1.29, 1.82) is 0 Å². The van der Waals surface area contributed by atoms with Crippen LogP contribution in [0.25, 0.3) is 27.7 Å². The SMILES string of the molecule is CCOc1cc2occ(-c3cc(OC)ccc3OC)c2cc1/C(C)=C/C(=O)NCc1cccnc1. The quantitative estimate of drug-likeness (QED) is 0.318. The summed E-state index contributed by atoms with van der Waals surface area (Å²) in [7, 11) is 3.25. The lowest BCUT2D eigenvalue weighted by Crippen LogP contribution is -2.20. The topological polar surface area (TPSA) is 82.8 Å². The zero-order chi connectivity index (χ0) is 24.8. The van der Waals surface area contributed by atoms with Crippen molar-refractivity contribution in [1.82, 2.24) is 10.3 Å². The zero-order valence-corrected chi connectivity index (χ0v) is 20.3. The number of methoxy groups -OCH3 is 2. The van der Waals surface area contributed by atoms with E-state index in [0.717, 1.165) is 33.2 Å². The maximum Gasteiger partial charge on any atom is 0.244 e. The van der Waals surface area contributed by atoms with Crippen molar-refractivity contribution in [3.63, 3.8) is 0 Å². The lowest BCUT2D eigenvalue weighted by Gasteiger charge is -2.13. The van der Waals surface area contributed by atoms with Crippen LogP contribution in [0.3, 0.4) is 0 Å². The van der Waals surface area contributed by atoms with Gasteiger partial charge < -0.3 is 23.9 Å². The van der Waals surface area contributed by atoms with Gasteiger partial charge in [0.25, 0.3) is 0 Å². The molecule has 0 fully saturated rings. The smallest absolute Gasteiger partial charge is 0.244 e. The average Bonchev–Trinajstić information content (AvgIpc) is 3.30. The van der Waals surface area contributed by atoms with Gasteiger partial charge in [-0.2, -0.15) is 0 Å². The molecular weight excluding hydrogens is 444 g/mol. The third kappa shape index (κ3) is 5.30. The minimum atomic E-state index is -0.198. The third-order valence-electron chi connectivity index (χ3n) is 5.63. The van der Waals surface area contributed by atoms with Gasteiger partial charge in [-0.05, 0) is 55.3 Å². The fourth-order valence-corrected chi connectivity index (χ4v) is 3.89. The van der Waals surface area contributed by atoms with Crippen LogP contribution >= 0.6 is 0 Å². The van der Waals surface area contributed by atoms with E-state index >= 15 is 0 Å². The summed E-state index contributed by atoms with van der Waals surface area (Å²) in [5.74, 6) is 1.86. The molecule has 0 unspecified atom stereocenters. The van der Waals surface area contributed by atoms with Crippen molar-refractivity contribution in [3.05, 3.63) is 78.3 Å². The van der Waals surface area contributed by atoms with Crippen LogP contribution in [0.2, 0.25) is 0 Å². The minimum absolute atomic E-state index is 0.198. The fraction of sp³-hybridized carbons (Fsp3) is 0.214. The van der Waals surface area contributed by atoms with Crippen molar-refractivity contribution >= 4 is 22.4 Å². The summed E-state index contributed by atoms with van der Waals surface area (Å²) < 4.78 is 22.8. The van der Waals surface area contributed by atoms with Crippen LogP contribution in [0.15, 0.2) is 71.6 Å². The summed E-state index contributed by atoms with van der Waals surface area (Å²) in [4.78, 5) is 16.7. The molecule has 1 N–H and O–H groups in total. The summed E-state index contributed by atoms with van der Waals surface area (Å²) in [5, 5.41) is 3.78. The number of benzene rings is 2. The third-order valence-corrected chi connectivity index (χ3v) is 5.63. The Labute approximate surface area is 204 Å². The highest BCUT2D eigenvalue weighted by Crippen LogP contribution is 2.41. The van der Waals surface area contributed by atoms with E-state index in [1.165, 1.54) is 0 Å². The van der Waals surface area contributed by atoms with Crippen LogP contribution in [-0.2, 0) is 11.3 Å². The van der Waals surface area contributed by atoms with E-state index in [0.29, 0.717) is 36.0 Å². The number of carbonyl (C=O) groups excluding carboxylic acids is 1. The van der Waals surface area contributed by atoms with Gasteiger partial charge in [0.05, 0.1) is 27.1 Å². The van der Waals surface area contributed by atoms with Gasteiger partial charge in [-0.15, -0.1) is 0 Å². The van der Waals surface area contributed by atoms with E-state index in [9.17, 15) is 4.79 Å². The number of hydrogen-bond acceptors (Lipinski definition) is 6. The van der Waals surface area contributed by atoms with E-state index in [2.05, 4.69) is 10.3 Å². The number of amides is 1. The van der Waals surface area contributed by atoms with Gasteiger partial charge in [0.2, 0.25) is 5.91 Å². The molecule has 4 rings (SSSR count). The van der Waals surface area contributed by atoms with E-state index in [1.54, 1.807) is 39.0 Å². The molecule has 7 heteroatoms. The van der Waals surface area contributed by atoms with E-state index < -0.39 is 0 Å². The molecule has 0 aliphatic rings. The van der Waals surface area contributed by atoms with Gasteiger partial charge in [-0.25, -0.2) is 0 Å². The largest absolute Gasteiger partial charge is 0.497 e. The molecule has 0 spiro atoms. The molecule has 0 atom stereocenters. The molecule has 0 bridgehead atoms. The molecule has 1 amide bonds. The lowest BCUT2D eigenvalue weighted by molar-refractivity contribution is -0.116. The van der Waals surface area contributed by atoms with Crippen molar-refractivity contribution in [2.24, 2.45) is 0 Å². The van der Waals surface area contributed by atoms with E-state index in [4.69, 9.17) is 18.6 Å². The van der Waals surface area contributed by atoms with Crippen molar-refractivity contribution in [2.75, 3.05) is 20.8 Å². The number of allylic oxidation sites excluding steroid dienone is 1. The Morgan fingerprint density at radius 2 is 1.94 bits per heavy atom. The summed E-state index contributed by atoms with van der Waals surface area (Å²) >= 11 is 0. The van der Waals surface area contributed by atoms with Gasteiger partial charge in [0, 0.05) is 53.2 Å². The first kappa shape index (κ1) is 23.9. The van der Waals surface area contributed by atoms with E-state index in [-0.39, 0.29) is 5.91 Å². The second-order valence-corrected chi connectivity index (χ2v) is 7.90. The zero-order valence-electron chi connectivity index (χ0n) is 20.3. The number of fused-ring (bicyclic) bond motifs is 1. The highest BCUT2D eigenvalue weighted by molar-refractivity contribution is 6.01. The average molecular weight is 473 g/mol. The number of furan rings is 1. The van der Waals surface area contributed by atoms with Crippen molar-refractivity contribution < 1.29 is 23.4 Å². The van der Waals surface area contributed by atoms with Crippen LogP contribution in [-0.4, -0.2) is 31.7 Å². The summed E-state index contributed by atoms with van der Waals surface area (Å²) in [6, 6.07) is 13.2. The summed E-state index contributed by atoms with van der Waals surface area (Å²) in [5.41, 5.74) is 4.87. The number of hydrogen-bond donors (Lipinski definition) is 1.